The zero-order valence-electron chi connectivity index (χ0n) is 16.1. The molecule has 3 rings (SSSR count). The van der Waals surface area contributed by atoms with Crippen LogP contribution >= 0.6 is 0 Å². The molecule has 0 spiro atoms. The molecule has 1 fully saturated rings. The molecule has 2 heterocycles. The summed E-state index contributed by atoms with van der Waals surface area (Å²) in [5.74, 6) is 1.06. The van der Waals surface area contributed by atoms with E-state index in [1.165, 1.54) is 0 Å². The number of aromatic nitrogens is 1. The van der Waals surface area contributed by atoms with Gasteiger partial charge in [-0.2, -0.15) is 0 Å². The van der Waals surface area contributed by atoms with E-state index in [0.717, 1.165) is 11.0 Å². The largest absolute Gasteiger partial charge is 0.496 e. The molecule has 0 saturated carbocycles. The van der Waals surface area contributed by atoms with Crippen LogP contribution in [0.4, 0.5) is 0 Å². The third kappa shape index (κ3) is 3.86. The fraction of sp³-hybridized carbons (Fsp3) is 0.450. The van der Waals surface area contributed by atoms with Crippen molar-refractivity contribution in [1.29, 1.82) is 0 Å². The summed E-state index contributed by atoms with van der Waals surface area (Å²) in [5.41, 5.74) is 1.10. The number of ether oxygens (including phenoxy) is 2. The second-order valence-corrected chi connectivity index (χ2v) is 7.37. The fourth-order valence-corrected chi connectivity index (χ4v) is 2.65. The summed E-state index contributed by atoms with van der Waals surface area (Å²) in [4.78, 5) is 4.45. The quantitative estimate of drug-likeness (QED) is 0.744. The number of hydrogen-bond donors (Lipinski definition) is 0. The van der Waals surface area contributed by atoms with E-state index in [4.69, 9.17) is 18.8 Å². The molecule has 0 bridgehead atoms. The van der Waals surface area contributed by atoms with E-state index in [1.54, 1.807) is 6.20 Å². The molecular formula is C20H26BNO4. The van der Waals surface area contributed by atoms with Gasteiger partial charge in [0.05, 0.1) is 17.8 Å². The molecule has 5 nitrogen and oxygen atoms in total. The van der Waals surface area contributed by atoms with Crippen LogP contribution in [-0.4, -0.2) is 29.9 Å². The Morgan fingerprint density at radius 3 is 2.27 bits per heavy atom. The van der Waals surface area contributed by atoms with Crippen molar-refractivity contribution in [3.05, 3.63) is 48.2 Å². The van der Waals surface area contributed by atoms with Gasteiger partial charge >= 0.3 is 7.12 Å². The average molecular weight is 355 g/mol. The van der Waals surface area contributed by atoms with Crippen LogP contribution in [0.15, 0.2) is 42.6 Å². The van der Waals surface area contributed by atoms with Gasteiger partial charge in [0.1, 0.15) is 6.61 Å². The van der Waals surface area contributed by atoms with E-state index in [2.05, 4.69) is 4.98 Å². The maximum atomic E-state index is 6.09. The third-order valence-electron chi connectivity index (χ3n) is 4.88. The van der Waals surface area contributed by atoms with Crippen molar-refractivity contribution in [2.75, 3.05) is 6.61 Å². The lowest BCUT2D eigenvalue weighted by Gasteiger charge is -2.32. The van der Waals surface area contributed by atoms with E-state index in [1.807, 2.05) is 71.0 Å². The zero-order valence-corrected chi connectivity index (χ0v) is 16.1. The maximum absolute atomic E-state index is 6.09. The molecule has 0 N–H and O–H groups in total. The zero-order chi connectivity index (χ0) is 18.8. The Labute approximate surface area is 155 Å². The summed E-state index contributed by atoms with van der Waals surface area (Å²) in [6.45, 7) is 11.0. The lowest BCUT2D eigenvalue weighted by molar-refractivity contribution is 0.00578. The van der Waals surface area contributed by atoms with Crippen LogP contribution in [0, 0.1) is 0 Å². The van der Waals surface area contributed by atoms with Crippen molar-refractivity contribution >= 4 is 12.6 Å². The minimum absolute atomic E-state index is 0.397. The lowest BCUT2D eigenvalue weighted by Crippen LogP contribution is -2.41. The minimum Gasteiger partial charge on any atom is -0.488 e. The fourth-order valence-electron chi connectivity index (χ4n) is 2.65. The van der Waals surface area contributed by atoms with E-state index in [0.29, 0.717) is 24.8 Å². The Bertz CT molecular complexity index is 733. The molecule has 6 heteroatoms. The number of pyridine rings is 1. The Hall–Kier alpha value is -2.05. The molecule has 1 aliphatic heterocycles. The normalized spacial score (nSPS) is 18.0. The molecule has 0 amide bonds. The molecule has 0 atom stereocenters. The predicted molar refractivity (Wildman–Crippen MR) is 102 cm³/mol. The summed E-state index contributed by atoms with van der Waals surface area (Å²) in [6, 6.07) is 11.9. The highest BCUT2D eigenvalue weighted by Gasteiger charge is 2.52. The lowest BCUT2D eigenvalue weighted by atomic mass is 9.80. The first-order valence-electron chi connectivity index (χ1n) is 8.97. The van der Waals surface area contributed by atoms with Crippen LogP contribution in [-0.2, 0) is 15.9 Å². The Morgan fingerprint density at radius 1 is 1.00 bits per heavy atom. The molecule has 26 heavy (non-hydrogen) atoms. The molecule has 1 saturated heterocycles. The summed E-state index contributed by atoms with van der Waals surface area (Å²) >= 11 is 0. The van der Waals surface area contributed by atoms with Gasteiger partial charge in [-0.05, 0) is 46.2 Å². The van der Waals surface area contributed by atoms with Crippen molar-refractivity contribution in [1.82, 2.24) is 4.98 Å². The molecule has 1 aliphatic rings. The van der Waals surface area contributed by atoms with Crippen molar-refractivity contribution in [2.45, 2.75) is 52.4 Å². The van der Waals surface area contributed by atoms with Crippen molar-refractivity contribution in [3.8, 4) is 11.6 Å². The van der Waals surface area contributed by atoms with Crippen molar-refractivity contribution in [3.63, 3.8) is 0 Å². The van der Waals surface area contributed by atoms with Crippen LogP contribution in [0.1, 0.15) is 40.2 Å². The number of rotatable bonds is 6. The standard InChI is InChI=1S/C20H26BNO4/c1-6-23-17-12-16(21-25-19(2,3)20(4,5)26-21)13-22-18(17)24-14-15-10-8-7-9-11-15/h7-13H,6,14H2,1-5H3. The van der Waals surface area contributed by atoms with Gasteiger partial charge in [0.15, 0.2) is 5.75 Å². The van der Waals surface area contributed by atoms with Gasteiger partial charge in [-0.3, -0.25) is 0 Å². The summed E-state index contributed by atoms with van der Waals surface area (Å²) in [5, 5.41) is 0. The van der Waals surface area contributed by atoms with Gasteiger partial charge in [-0.15, -0.1) is 0 Å². The van der Waals surface area contributed by atoms with Crippen LogP contribution in [0.2, 0.25) is 0 Å². The highest BCUT2D eigenvalue weighted by atomic mass is 16.7. The van der Waals surface area contributed by atoms with Crippen molar-refractivity contribution in [2.24, 2.45) is 0 Å². The average Bonchev–Trinajstić information content (AvgIpc) is 2.82. The smallest absolute Gasteiger partial charge is 0.488 e. The first-order valence-corrected chi connectivity index (χ1v) is 8.97. The summed E-state index contributed by atoms with van der Waals surface area (Å²) in [7, 11) is -0.477. The molecule has 2 aromatic rings. The molecule has 0 aliphatic carbocycles. The second-order valence-electron chi connectivity index (χ2n) is 7.37. The van der Waals surface area contributed by atoms with Gasteiger partial charge in [0, 0.05) is 11.7 Å². The molecule has 0 unspecified atom stereocenters. The molecule has 138 valence electrons. The Balaban J connectivity index is 1.79. The van der Waals surface area contributed by atoms with Gasteiger partial charge in [0.2, 0.25) is 0 Å². The summed E-state index contributed by atoms with van der Waals surface area (Å²) < 4.78 is 23.8. The minimum atomic E-state index is -0.477. The molecule has 0 radical (unpaired) electrons. The topological polar surface area (TPSA) is 49.8 Å². The van der Waals surface area contributed by atoms with E-state index in [-0.39, 0.29) is 0 Å². The third-order valence-corrected chi connectivity index (χ3v) is 4.88. The van der Waals surface area contributed by atoms with Crippen LogP contribution in [0.5, 0.6) is 11.6 Å². The SMILES string of the molecule is CCOc1cc(B2OC(C)(C)C(C)(C)O2)cnc1OCc1ccccc1. The summed E-state index contributed by atoms with van der Waals surface area (Å²) in [6.07, 6.45) is 1.73. The van der Waals surface area contributed by atoms with E-state index in [9.17, 15) is 0 Å². The van der Waals surface area contributed by atoms with E-state index >= 15 is 0 Å². The van der Waals surface area contributed by atoms with Crippen molar-refractivity contribution < 1.29 is 18.8 Å². The molecular weight excluding hydrogens is 329 g/mol. The van der Waals surface area contributed by atoms with Crippen LogP contribution < -0.4 is 14.9 Å². The number of nitrogens with zero attached hydrogens (tertiary/aromatic N) is 1. The first-order chi connectivity index (χ1) is 12.3. The van der Waals surface area contributed by atoms with Gasteiger partial charge in [0.25, 0.3) is 5.88 Å². The van der Waals surface area contributed by atoms with Gasteiger partial charge in [-0.1, -0.05) is 30.3 Å². The molecule has 1 aromatic carbocycles. The highest BCUT2D eigenvalue weighted by Crippen LogP contribution is 2.37. The Morgan fingerprint density at radius 2 is 1.65 bits per heavy atom. The number of hydrogen-bond acceptors (Lipinski definition) is 5. The van der Waals surface area contributed by atoms with Gasteiger partial charge in [-0.25, -0.2) is 4.98 Å². The first kappa shape index (κ1) is 18.7. The number of benzene rings is 1. The second kappa shape index (κ2) is 7.29. The maximum Gasteiger partial charge on any atom is 0.496 e. The Kier molecular flexibility index (Phi) is 5.25. The van der Waals surface area contributed by atoms with Crippen LogP contribution in [0.25, 0.3) is 0 Å². The highest BCUT2D eigenvalue weighted by molar-refractivity contribution is 6.62. The predicted octanol–water partition coefficient (Wildman–Crippen LogP) is 3.36. The molecule has 1 aromatic heterocycles. The van der Waals surface area contributed by atoms with Gasteiger partial charge < -0.3 is 18.8 Å². The van der Waals surface area contributed by atoms with E-state index < -0.39 is 18.3 Å². The monoisotopic (exact) mass is 355 g/mol. The van der Waals surface area contributed by atoms with Crippen LogP contribution in [0.3, 0.4) is 0 Å².